The minimum absolute atomic E-state index is 0. The van der Waals surface area contributed by atoms with Crippen molar-refractivity contribution < 1.29 is 0 Å². The Bertz CT molecular complexity index is 63.9. The molecule has 0 amide bonds. The largest absolute Gasteiger partial charge is 0.303 e. The molecule has 9 heavy (non-hydrogen) atoms. The maximum absolute atomic E-state index is 2.58. The average Bonchev–Trinajstić information content (AvgIpc) is 1.92. The molecule has 3 heterocycles. The van der Waals surface area contributed by atoms with E-state index in [1.807, 2.05) is 0 Å². The maximum Gasteiger partial charge on any atom is 0 e. The van der Waals surface area contributed by atoms with Gasteiger partial charge in [0.25, 0.3) is 0 Å². The van der Waals surface area contributed by atoms with E-state index in [9.17, 15) is 0 Å². The first-order valence-electron chi connectivity index (χ1n) is 3.67. The number of nitrogens with zero attached hydrogens (tertiary/aromatic N) is 1. The standard InChI is InChI=1S/C7H13N.Na/c1-4-8-5-2-7(1)3-6-8;/h7H,1-6H2;. The summed E-state index contributed by atoms with van der Waals surface area (Å²) in [4.78, 5) is 2.58. The van der Waals surface area contributed by atoms with Crippen LogP contribution in [-0.2, 0) is 0 Å². The van der Waals surface area contributed by atoms with E-state index in [0.717, 1.165) is 5.92 Å². The van der Waals surface area contributed by atoms with Crippen molar-refractivity contribution in [2.24, 2.45) is 5.92 Å². The summed E-state index contributed by atoms with van der Waals surface area (Å²) in [5.74, 6) is 1.11. The Morgan fingerprint density at radius 1 is 0.889 bits per heavy atom. The third kappa shape index (κ3) is 1.70. The van der Waals surface area contributed by atoms with E-state index in [-0.39, 0.29) is 29.6 Å². The van der Waals surface area contributed by atoms with Crippen LogP contribution >= 0.6 is 0 Å². The van der Waals surface area contributed by atoms with Crippen LogP contribution < -0.4 is 0 Å². The second-order valence-corrected chi connectivity index (χ2v) is 3.07. The fraction of sp³-hybridized carbons (Fsp3) is 1.00. The summed E-state index contributed by atoms with van der Waals surface area (Å²) in [6.45, 7) is 4.18. The Morgan fingerprint density at radius 2 is 1.33 bits per heavy atom. The van der Waals surface area contributed by atoms with Gasteiger partial charge in [0.05, 0.1) is 0 Å². The van der Waals surface area contributed by atoms with Gasteiger partial charge in [-0.3, -0.25) is 0 Å². The van der Waals surface area contributed by atoms with Gasteiger partial charge < -0.3 is 4.90 Å². The summed E-state index contributed by atoms with van der Waals surface area (Å²) in [6, 6.07) is 0. The van der Waals surface area contributed by atoms with E-state index in [1.54, 1.807) is 0 Å². The smallest absolute Gasteiger partial charge is 0 e. The Kier molecular flexibility index (Phi) is 3.03. The van der Waals surface area contributed by atoms with E-state index < -0.39 is 0 Å². The van der Waals surface area contributed by atoms with Gasteiger partial charge in [0, 0.05) is 29.6 Å². The summed E-state index contributed by atoms with van der Waals surface area (Å²) in [5.41, 5.74) is 0. The van der Waals surface area contributed by atoms with Crippen LogP contribution in [0.4, 0.5) is 0 Å². The van der Waals surface area contributed by atoms with Crippen molar-refractivity contribution in [3.8, 4) is 0 Å². The quantitative estimate of drug-likeness (QED) is 0.441. The Hall–Kier alpha value is 0.960. The van der Waals surface area contributed by atoms with Crippen LogP contribution in [0.15, 0.2) is 0 Å². The summed E-state index contributed by atoms with van der Waals surface area (Å²) >= 11 is 0. The minimum atomic E-state index is 0. The van der Waals surface area contributed by atoms with Crippen molar-refractivity contribution in [2.75, 3.05) is 19.6 Å². The molecule has 0 saturated carbocycles. The van der Waals surface area contributed by atoms with Crippen molar-refractivity contribution in [1.29, 1.82) is 0 Å². The van der Waals surface area contributed by atoms with Gasteiger partial charge in [0.2, 0.25) is 0 Å². The van der Waals surface area contributed by atoms with Gasteiger partial charge in [-0.15, -0.1) is 0 Å². The zero-order valence-electron chi connectivity index (χ0n) is 6.27. The SMILES string of the molecule is C1CN2CCC1CC2.[Na]. The van der Waals surface area contributed by atoms with Gasteiger partial charge in [0.15, 0.2) is 0 Å². The molecule has 0 aromatic rings. The van der Waals surface area contributed by atoms with Gasteiger partial charge in [-0.05, 0) is 44.8 Å². The monoisotopic (exact) mass is 134 g/mol. The second-order valence-electron chi connectivity index (χ2n) is 3.07. The molecule has 3 rings (SSSR count). The zero-order valence-corrected chi connectivity index (χ0v) is 8.27. The number of hydrogen-bond acceptors (Lipinski definition) is 1. The number of fused-ring (bicyclic) bond motifs is 3. The van der Waals surface area contributed by atoms with Crippen molar-refractivity contribution >= 4 is 29.6 Å². The molecule has 0 aliphatic carbocycles. The number of piperidine rings is 3. The van der Waals surface area contributed by atoms with E-state index in [4.69, 9.17) is 0 Å². The predicted molar refractivity (Wildman–Crippen MR) is 39.5 cm³/mol. The molecule has 2 heteroatoms. The van der Waals surface area contributed by atoms with Crippen LogP contribution in [0, 0.1) is 5.92 Å². The third-order valence-electron chi connectivity index (χ3n) is 2.56. The molecule has 47 valence electrons. The van der Waals surface area contributed by atoms with E-state index >= 15 is 0 Å². The fourth-order valence-electron chi connectivity index (χ4n) is 1.86. The van der Waals surface area contributed by atoms with Crippen LogP contribution in [0.3, 0.4) is 0 Å². The Balaban J connectivity index is 0.000000405. The molecule has 3 aliphatic heterocycles. The summed E-state index contributed by atoms with van der Waals surface area (Å²) in [5, 5.41) is 0. The summed E-state index contributed by atoms with van der Waals surface area (Å²) in [6.07, 6.45) is 4.46. The van der Waals surface area contributed by atoms with Gasteiger partial charge in [-0.25, -0.2) is 0 Å². The Labute approximate surface area is 79.1 Å². The number of rotatable bonds is 0. The normalized spacial score (nSPS) is 40.0. The average molecular weight is 134 g/mol. The molecule has 1 radical (unpaired) electrons. The molecule has 0 spiro atoms. The van der Waals surface area contributed by atoms with E-state index in [2.05, 4.69) is 4.90 Å². The van der Waals surface area contributed by atoms with Crippen molar-refractivity contribution in [2.45, 2.75) is 19.3 Å². The first kappa shape index (κ1) is 8.06. The molecule has 0 atom stereocenters. The number of hydrogen-bond donors (Lipinski definition) is 0. The molecular weight excluding hydrogens is 121 g/mol. The van der Waals surface area contributed by atoms with Crippen molar-refractivity contribution in [3.05, 3.63) is 0 Å². The molecule has 0 N–H and O–H groups in total. The van der Waals surface area contributed by atoms with Crippen LogP contribution in [0.5, 0.6) is 0 Å². The van der Waals surface area contributed by atoms with Crippen LogP contribution in [0.25, 0.3) is 0 Å². The van der Waals surface area contributed by atoms with Gasteiger partial charge in [-0.1, -0.05) is 0 Å². The first-order chi connectivity index (χ1) is 3.95. The van der Waals surface area contributed by atoms with Gasteiger partial charge in [-0.2, -0.15) is 0 Å². The summed E-state index contributed by atoms with van der Waals surface area (Å²) in [7, 11) is 0. The molecule has 0 unspecified atom stereocenters. The topological polar surface area (TPSA) is 3.24 Å². The molecule has 1 nitrogen and oxygen atoms in total. The molecule has 2 bridgehead atoms. The minimum Gasteiger partial charge on any atom is -0.303 e. The van der Waals surface area contributed by atoms with E-state index in [1.165, 1.54) is 38.9 Å². The molecular formula is C7H13NNa. The van der Waals surface area contributed by atoms with Crippen LogP contribution in [0.2, 0.25) is 0 Å². The van der Waals surface area contributed by atoms with Crippen LogP contribution in [-0.4, -0.2) is 54.1 Å². The molecule has 3 aliphatic rings. The van der Waals surface area contributed by atoms with Crippen LogP contribution in [0.1, 0.15) is 19.3 Å². The fourth-order valence-corrected chi connectivity index (χ4v) is 1.86. The Morgan fingerprint density at radius 3 is 1.44 bits per heavy atom. The van der Waals surface area contributed by atoms with Gasteiger partial charge >= 0.3 is 0 Å². The molecule has 3 fully saturated rings. The molecule has 0 aromatic heterocycles. The third-order valence-corrected chi connectivity index (χ3v) is 2.56. The maximum atomic E-state index is 2.58. The second kappa shape index (κ2) is 3.38. The zero-order chi connectivity index (χ0) is 5.40. The summed E-state index contributed by atoms with van der Waals surface area (Å²) < 4.78 is 0. The van der Waals surface area contributed by atoms with Crippen molar-refractivity contribution in [1.82, 2.24) is 4.90 Å². The predicted octanol–water partition coefficient (Wildman–Crippen LogP) is 0.721. The van der Waals surface area contributed by atoms with Gasteiger partial charge in [0.1, 0.15) is 0 Å². The molecule has 3 saturated heterocycles. The van der Waals surface area contributed by atoms with Crippen molar-refractivity contribution in [3.63, 3.8) is 0 Å². The van der Waals surface area contributed by atoms with E-state index in [0.29, 0.717) is 0 Å². The first-order valence-corrected chi connectivity index (χ1v) is 3.67. The molecule has 0 aromatic carbocycles.